The van der Waals surface area contributed by atoms with Crippen molar-refractivity contribution in [2.45, 2.75) is 38.3 Å². The second-order valence-electron chi connectivity index (χ2n) is 4.93. The molecule has 1 aliphatic carbocycles. The van der Waals surface area contributed by atoms with E-state index in [1.807, 2.05) is 19.1 Å². The summed E-state index contributed by atoms with van der Waals surface area (Å²) in [4.78, 5) is 8.45. The highest BCUT2D eigenvalue weighted by Crippen LogP contribution is 2.38. The number of nitrogens with zero attached hydrogens (tertiary/aromatic N) is 4. The topological polar surface area (TPSA) is 63.6 Å². The number of aromatic nitrogens is 4. The third-order valence-electron chi connectivity index (χ3n) is 3.30. The summed E-state index contributed by atoms with van der Waals surface area (Å²) < 4.78 is 0. The normalized spacial score (nSPS) is 16.3. The predicted octanol–water partition coefficient (Wildman–Crippen LogP) is 1.99. The molecule has 0 aliphatic heterocycles. The molecule has 1 aliphatic rings. The van der Waals surface area contributed by atoms with Crippen LogP contribution in [-0.4, -0.2) is 20.2 Å². The molecule has 1 fully saturated rings. The minimum Gasteiger partial charge on any atom is -0.302 e. The average molecular weight is 255 g/mol. The molecule has 0 bridgehead atoms. The first-order valence-corrected chi connectivity index (χ1v) is 6.66. The quantitative estimate of drug-likeness (QED) is 0.885. The molecular formula is C14H17N5. The Morgan fingerprint density at radius 1 is 1.21 bits per heavy atom. The molecule has 1 saturated carbocycles. The van der Waals surface area contributed by atoms with Gasteiger partial charge in [0.1, 0.15) is 5.82 Å². The van der Waals surface area contributed by atoms with Crippen LogP contribution >= 0.6 is 0 Å². The number of hydrogen-bond acceptors (Lipinski definition) is 5. The summed E-state index contributed by atoms with van der Waals surface area (Å²) in [7, 11) is 0. The zero-order valence-corrected chi connectivity index (χ0v) is 11.0. The molecule has 1 N–H and O–H groups in total. The minimum absolute atomic E-state index is 0.103. The van der Waals surface area contributed by atoms with Gasteiger partial charge >= 0.3 is 0 Å². The SMILES string of the molecule is CC(NCc1ccc(C2CC2)nn1)c1ncccn1. The Morgan fingerprint density at radius 3 is 2.63 bits per heavy atom. The highest BCUT2D eigenvalue weighted by atomic mass is 15.1. The molecule has 5 heteroatoms. The van der Waals surface area contributed by atoms with E-state index in [0.717, 1.165) is 17.2 Å². The summed E-state index contributed by atoms with van der Waals surface area (Å²) in [6.07, 6.45) is 6.03. The fourth-order valence-electron chi connectivity index (χ4n) is 1.94. The van der Waals surface area contributed by atoms with Crippen LogP contribution in [0.5, 0.6) is 0 Å². The van der Waals surface area contributed by atoms with Crippen LogP contribution in [0, 0.1) is 0 Å². The lowest BCUT2D eigenvalue weighted by Gasteiger charge is -2.11. The first-order valence-electron chi connectivity index (χ1n) is 6.66. The Balaban J connectivity index is 1.56. The molecule has 2 heterocycles. The smallest absolute Gasteiger partial charge is 0.144 e. The number of nitrogens with one attached hydrogen (secondary N) is 1. The van der Waals surface area contributed by atoms with Gasteiger partial charge in [0.15, 0.2) is 0 Å². The van der Waals surface area contributed by atoms with Crippen LogP contribution in [0.3, 0.4) is 0 Å². The molecule has 0 amide bonds. The summed E-state index contributed by atoms with van der Waals surface area (Å²) in [5.74, 6) is 1.45. The van der Waals surface area contributed by atoms with Gasteiger partial charge in [0, 0.05) is 24.9 Å². The summed E-state index contributed by atoms with van der Waals surface area (Å²) in [6.45, 7) is 2.72. The van der Waals surface area contributed by atoms with Gasteiger partial charge in [0.25, 0.3) is 0 Å². The standard InChI is InChI=1S/C14H17N5/c1-10(14-15-7-2-8-16-14)17-9-12-5-6-13(19-18-12)11-3-4-11/h2,5-8,10-11,17H,3-4,9H2,1H3. The fourth-order valence-corrected chi connectivity index (χ4v) is 1.94. The zero-order chi connectivity index (χ0) is 13.1. The third kappa shape index (κ3) is 3.12. The number of rotatable bonds is 5. The van der Waals surface area contributed by atoms with Crippen molar-refractivity contribution in [3.8, 4) is 0 Å². The third-order valence-corrected chi connectivity index (χ3v) is 3.30. The van der Waals surface area contributed by atoms with Crippen molar-refractivity contribution < 1.29 is 0 Å². The van der Waals surface area contributed by atoms with Crippen molar-refractivity contribution in [3.63, 3.8) is 0 Å². The molecule has 2 aromatic heterocycles. The lowest BCUT2D eigenvalue weighted by Crippen LogP contribution is -2.20. The van der Waals surface area contributed by atoms with E-state index in [4.69, 9.17) is 0 Å². The predicted molar refractivity (Wildman–Crippen MR) is 71.3 cm³/mol. The molecule has 0 aromatic carbocycles. The Kier molecular flexibility index (Phi) is 3.46. The molecule has 3 rings (SSSR count). The second kappa shape index (κ2) is 5.40. The van der Waals surface area contributed by atoms with Crippen molar-refractivity contribution in [3.05, 3.63) is 47.8 Å². The molecule has 2 aromatic rings. The highest BCUT2D eigenvalue weighted by molar-refractivity contribution is 5.15. The van der Waals surface area contributed by atoms with E-state index >= 15 is 0 Å². The van der Waals surface area contributed by atoms with E-state index in [2.05, 4.69) is 31.5 Å². The Hall–Kier alpha value is -1.88. The van der Waals surface area contributed by atoms with E-state index in [9.17, 15) is 0 Å². The van der Waals surface area contributed by atoms with Gasteiger partial charge in [-0.2, -0.15) is 10.2 Å². The Bertz CT molecular complexity index is 521. The van der Waals surface area contributed by atoms with Crippen molar-refractivity contribution >= 4 is 0 Å². The first-order chi connectivity index (χ1) is 9.33. The van der Waals surface area contributed by atoms with Gasteiger partial charge in [-0.25, -0.2) is 9.97 Å². The van der Waals surface area contributed by atoms with E-state index in [1.165, 1.54) is 12.8 Å². The lowest BCUT2D eigenvalue weighted by molar-refractivity contribution is 0.537. The second-order valence-corrected chi connectivity index (χ2v) is 4.93. The maximum Gasteiger partial charge on any atom is 0.144 e. The maximum absolute atomic E-state index is 4.27. The van der Waals surface area contributed by atoms with E-state index in [-0.39, 0.29) is 6.04 Å². The van der Waals surface area contributed by atoms with Crippen LogP contribution in [0.1, 0.15) is 48.9 Å². The summed E-state index contributed by atoms with van der Waals surface area (Å²) in [5.41, 5.74) is 2.08. The first kappa shape index (κ1) is 12.2. The van der Waals surface area contributed by atoms with Gasteiger partial charge in [-0.3, -0.25) is 0 Å². The summed E-state index contributed by atoms with van der Waals surface area (Å²) in [6, 6.07) is 6.06. The summed E-state index contributed by atoms with van der Waals surface area (Å²) in [5, 5.41) is 11.9. The average Bonchev–Trinajstić information content (AvgIpc) is 3.31. The van der Waals surface area contributed by atoms with Crippen molar-refractivity contribution in [2.24, 2.45) is 0 Å². The van der Waals surface area contributed by atoms with Crippen molar-refractivity contribution in [1.29, 1.82) is 0 Å². The Labute approximate surface area is 112 Å². The molecule has 5 nitrogen and oxygen atoms in total. The molecule has 0 radical (unpaired) electrons. The molecule has 19 heavy (non-hydrogen) atoms. The maximum atomic E-state index is 4.27. The highest BCUT2D eigenvalue weighted by Gasteiger charge is 2.25. The van der Waals surface area contributed by atoms with E-state index in [0.29, 0.717) is 12.5 Å². The molecule has 0 spiro atoms. The van der Waals surface area contributed by atoms with Crippen LogP contribution in [0.25, 0.3) is 0 Å². The monoisotopic (exact) mass is 255 g/mol. The van der Waals surface area contributed by atoms with E-state index in [1.54, 1.807) is 12.4 Å². The van der Waals surface area contributed by atoms with Gasteiger partial charge in [-0.1, -0.05) is 0 Å². The Morgan fingerprint density at radius 2 is 2.00 bits per heavy atom. The van der Waals surface area contributed by atoms with Crippen molar-refractivity contribution in [2.75, 3.05) is 0 Å². The van der Waals surface area contributed by atoms with E-state index < -0.39 is 0 Å². The van der Waals surface area contributed by atoms with Crippen LogP contribution in [0.15, 0.2) is 30.6 Å². The molecule has 98 valence electrons. The van der Waals surface area contributed by atoms with Gasteiger partial charge in [0.05, 0.1) is 17.4 Å². The van der Waals surface area contributed by atoms with Crippen LogP contribution in [-0.2, 0) is 6.54 Å². The van der Waals surface area contributed by atoms with Crippen LogP contribution < -0.4 is 5.32 Å². The minimum atomic E-state index is 0.103. The van der Waals surface area contributed by atoms with Crippen LogP contribution in [0.4, 0.5) is 0 Å². The summed E-state index contributed by atoms with van der Waals surface area (Å²) >= 11 is 0. The van der Waals surface area contributed by atoms with Gasteiger partial charge in [-0.15, -0.1) is 0 Å². The fraction of sp³-hybridized carbons (Fsp3) is 0.429. The largest absolute Gasteiger partial charge is 0.302 e. The van der Waals surface area contributed by atoms with Crippen molar-refractivity contribution in [1.82, 2.24) is 25.5 Å². The molecular weight excluding hydrogens is 238 g/mol. The molecule has 0 saturated heterocycles. The molecule has 1 atom stereocenters. The zero-order valence-electron chi connectivity index (χ0n) is 11.0. The van der Waals surface area contributed by atoms with Gasteiger partial charge in [0.2, 0.25) is 0 Å². The number of hydrogen-bond donors (Lipinski definition) is 1. The van der Waals surface area contributed by atoms with Gasteiger partial charge in [-0.05, 0) is 38.0 Å². The molecule has 1 unspecified atom stereocenters. The van der Waals surface area contributed by atoms with Gasteiger partial charge < -0.3 is 5.32 Å². The lowest BCUT2D eigenvalue weighted by atomic mass is 10.2. The van der Waals surface area contributed by atoms with Crippen LogP contribution in [0.2, 0.25) is 0 Å².